The lowest BCUT2D eigenvalue weighted by Crippen LogP contribution is -2.48. The van der Waals surface area contributed by atoms with Gasteiger partial charge in [-0.1, -0.05) is 30.3 Å². The summed E-state index contributed by atoms with van der Waals surface area (Å²) in [6, 6.07) is 9.74. The van der Waals surface area contributed by atoms with Gasteiger partial charge in [0.15, 0.2) is 0 Å². The van der Waals surface area contributed by atoms with Crippen LogP contribution in [0.25, 0.3) is 0 Å². The number of carbonyl (C=O) groups is 1. The molecule has 1 aromatic rings. The van der Waals surface area contributed by atoms with Crippen molar-refractivity contribution >= 4 is 6.09 Å². The molecule has 0 aliphatic carbocycles. The van der Waals surface area contributed by atoms with Gasteiger partial charge in [-0.05, 0) is 38.7 Å². The summed E-state index contributed by atoms with van der Waals surface area (Å²) in [5, 5.41) is 2.96. The third-order valence-electron chi connectivity index (χ3n) is 4.51. The Hall–Kier alpha value is -1.55. The number of rotatable bonds is 3. The van der Waals surface area contributed by atoms with Crippen molar-refractivity contribution in [3.63, 3.8) is 0 Å². The average molecular weight is 275 g/mol. The Balaban J connectivity index is 1.53. The molecule has 2 bridgehead atoms. The first kappa shape index (κ1) is 13.4. The molecule has 2 aliphatic rings. The molecule has 0 saturated carbocycles. The molecule has 1 amide bonds. The van der Waals surface area contributed by atoms with Gasteiger partial charge in [0, 0.05) is 0 Å². The second-order valence-corrected chi connectivity index (χ2v) is 6.33. The minimum Gasteiger partial charge on any atom is -0.445 e. The molecule has 0 radical (unpaired) electrons. The molecule has 4 heteroatoms. The van der Waals surface area contributed by atoms with E-state index in [0.717, 1.165) is 24.8 Å². The smallest absolute Gasteiger partial charge is 0.407 e. The summed E-state index contributed by atoms with van der Waals surface area (Å²) >= 11 is 0. The zero-order valence-corrected chi connectivity index (χ0v) is 12.0. The fourth-order valence-electron chi connectivity index (χ4n) is 3.33. The quantitative estimate of drug-likeness (QED) is 0.922. The maximum atomic E-state index is 11.9. The number of nitrogens with one attached hydrogen (secondary N) is 1. The van der Waals surface area contributed by atoms with Gasteiger partial charge in [0.1, 0.15) is 6.61 Å². The van der Waals surface area contributed by atoms with Gasteiger partial charge in [-0.2, -0.15) is 0 Å². The van der Waals surface area contributed by atoms with Crippen molar-refractivity contribution < 1.29 is 14.3 Å². The van der Waals surface area contributed by atoms with E-state index in [-0.39, 0.29) is 23.3 Å². The van der Waals surface area contributed by atoms with Gasteiger partial charge in [-0.25, -0.2) is 4.79 Å². The Labute approximate surface area is 119 Å². The molecule has 2 saturated heterocycles. The Morgan fingerprint density at radius 2 is 2.10 bits per heavy atom. The molecule has 0 aromatic heterocycles. The van der Waals surface area contributed by atoms with E-state index < -0.39 is 0 Å². The SMILES string of the molecule is CC12CCC(C)(O1)C(NC(=O)OCc1ccccc1)C2. The number of amides is 1. The Morgan fingerprint density at radius 1 is 1.35 bits per heavy atom. The van der Waals surface area contributed by atoms with E-state index in [0.29, 0.717) is 6.61 Å². The van der Waals surface area contributed by atoms with Crippen molar-refractivity contribution in [1.82, 2.24) is 5.32 Å². The van der Waals surface area contributed by atoms with E-state index in [1.807, 2.05) is 30.3 Å². The fourth-order valence-corrected chi connectivity index (χ4v) is 3.33. The largest absolute Gasteiger partial charge is 0.445 e. The first-order chi connectivity index (χ1) is 9.49. The molecule has 2 fully saturated rings. The van der Waals surface area contributed by atoms with Crippen molar-refractivity contribution in [3.8, 4) is 0 Å². The van der Waals surface area contributed by atoms with Gasteiger partial charge in [-0.15, -0.1) is 0 Å². The van der Waals surface area contributed by atoms with Crippen molar-refractivity contribution in [2.75, 3.05) is 0 Å². The molecular formula is C16H21NO3. The zero-order chi connectivity index (χ0) is 14.2. The number of benzene rings is 1. The Bertz CT molecular complexity index is 504. The van der Waals surface area contributed by atoms with Crippen molar-refractivity contribution in [3.05, 3.63) is 35.9 Å². The van der Waals surface area contributed by atoms with Crippen LogP contribution in [0.4, 0.5) is 4.79 Å². The van der Waals surface area contributed by atoms with Crippen LogP contribution in [0.3, 0.4) is 0 Å². The van der Waals surface area contributed by atoms with E-state index in [1.165, 1.54) is 0 Å². The number of ether oxygens (including phenoxy) is 2. The molecule has 1 N–H and O–H groups in total. The lowest BCUT2D eigenvalue weighted by atomic mass is 9.80. The fraction of sp³-hybridized carbons (Fsp3) is 0.562. The number of alkyl carbamates (subject to hydrolysis) is 1. The molecule has 3 atom stereocenters. The van der Waals surface area contributed by atoms with Gasteiger partial charge in [0.25, 0.3) is 0 Å². The highest BCUT2D eigenvalue weighted by Gasteiger charge is 2.57. The van der Waals surface area contributed by atoms with Gasteiger partial charge in [0.2, 0.25) is 0 Å². The van der Waals surface area contributed by atoms with Crippen LogP contribution in [-0.2, 0) is 16.1 Å². The Kier molecular flexibility index (Phi) is 3.21. The number of fused-ring (bicyclic) bond motifs is 2. The molecule has 2 aliphatic heterocycles. The van der Waals surface area contributed by atoms with E-state index in [2.05, 4.69) is 19.2 Å². The maximum absolute atomic E-state index is 11.9. The van der Waals surface area contributed by atoms with Crippen LogP contribution in [0.2, 0.25) is 0 Å². The van der Waals surface area contributed by atoms with Crippen molar-refractivity contribution in [1.29, 1.82) is 0 Å². The molecule has 2 heterocycles. The third kappa shape index (κ3) is 2.52. The van der Waals surface area contributed by atoms with Gasteiger partial charge in [-0.3, -0.25) is 0 Å². The summed E-state index contributed by atoms with van der Waals surface area (Å²) in [5.74, 6) is 0. The lowest BCUT2D eigenvalue weighted by molar-refractivity contribution is -0.0325. The van der Waals surface area contributed by atoms with Crippen molar-refractivity contribution in [2.24, 2.45) is 0 Å². The molecule has 3 rings (SSSR count). The lowest BCUT2D eigenvalue weighted by Gasteiger charge is -2.29. The van der Waals surface area contributed by atoms with E-state index in [1.54, 1.807) is 0 Å². The van der Waals surface area contributed by atoms with Crippen LogP contribution >= 0.6 is 0 Å². The van der Waals surface area contributed by atoms with Crippen molar-refractivity contribution in [2.45, 2.75) is 57.0 Å². The molecule has 4 nitrogen and oxygen atoms in total. The highest BCUT2D eigenvalue weighted by atomic mass is 16.6. The first-order valence-electron chi connectivity index (χ1n) is 7.17. The summed E-state index contributed by atoms with van der Waals surface area (Å²) in [6.07, 6.45) is 2.57. The third-order valence-corrected chi connectivity index (χ3v) is 4.51. The standard InChI is InChI=1S/C16H21NO3/c1-15-8-9-16(2,20-15)13(10-15)17-14(18)19-11-12-6-4-3-5-7-12/h3-7,13H,8-11H2,1-2H3,(H,17,18). The summed E-state index contributed by atoms with van der Waals surface area (Å²) in [4.78, 5) is 11.9. The average Bonchev–Trinajstić information content (AvgIpc) is 2.86. The molecule has 20 heavy (non-hydrogen) atoms. The van der Waals surface area contributed by atoms with Crippen LogP contribution in [0.1, 0.15) is 38.7 Å². The highest BCUT2D eigenvalue weighted by molar-refractivity contribution is 5.68. The van der Waals surface area contributed by atoms with Crippen LogP contribution in [-0.4, -0.2) is 23.3 Å². The first-order valence-corrected chi connectivity index (χ1v) is 7.17. The summed E-state index contributed by atoms with van der Waals surface area (Å²) in [6.45, 7) is 4.50. The molecular weight excluding hydrogens is 254 g/mol. The highest BCUT2D eigenvalue weighted by Crippen LogP contribution is 2.50. The van der Waals surface area contributed by atoms with Crippen LogP contribution in [0.15, 0.2) is 30.3 Å². The summed E-state index contributed by atoms with van der Waals surface area (Å²) < 4.78 is 11.3. The molecule has 108 valence electrons. The van der Waals surface area contributed by atoms with E-state index >= 15 is 0 Å². The monoisotopic (exact) mass is 275 g/mol. The molecule has 1 aromatic carbocycles. The van der Waals surface area contributed by atoms with Crippen LogP contribution < -0.4 is 5.32 Å². The van der Waals surface area contributed by atoms with Gasteiger partial charge in [0.05, 0.1) is 17.2 Å². The predicted octanol–water partition coefficient (Wildman–Crippen LogP) is 3.01. The van der Waals surface area contributed by atoms with E-state index in [9.17, 15) is 4.79 Å². The summed E-state index contributed by atoms with van der Waals surface area (Å²) in [5.41, 5.74) is 0.678. The summed E-state index contributed by atoms with van der Waals surface area (Å²) in [7, 11) is 0. The van der Waals surface area contributed by atoms with Gasteiger partial charge >= 0.3 is 6.09 Å². The number of carbonyl (C=O) groups excluding carboxylic acids is 1. The number of hydrogen-bond acceptors (Lipinski definition) is 3. The Morgan fingerprint density at radius 3 is 2.70 bits per heavy atom. The second-order valence-electron chi connectivity index (χ2n) is 6.33. The number of hydrogen-bond donors (Lipinski definition) is 1. The maximum Gasteiger partial charge on any atom is 0.407 e. The molecule has 3 unspecified atom stereocenters. The van der Waals surface area contributed by atoms with Gasteiger partial charge < -0.3 is 14.8 Å². The predicted molar refractivity (Wildman–Crippen MR) is 75.3 cm³/mol. The topological polar surface area (TPSA) is 47.6 Å². The van der Waals surface area contributed by atoms with Crippen LogP contribution in [0, 0.1) is 0 Å². The second kappa shape index (κ2) is 4.77. The normalized spacial score (nSPS) is 35.0. The minimum absolute atomic E-state index is 0.0459. The molecule has 0 spiro atoms. The van der Waals surface area contributed by atoms with E-state index in [4.69, 9.17) is 9.47 Å². The van der Waals surface area contributed by atoms with Crippen LogP contribution in [0.5, 0.6) is 0 Å². The zero-order valence-electron chi connectivity index (χ0n) is 12.0. The minimum atomic E-state index is -0.361.